The lowest BCUT2D eigenvalue weighted by Gasteiger charge is -2.11. The van der Waals surface area contributed by atoms with Crippen LogP contribution in [0.5, 0.6) is 0 Å². The molecule has 0 N–H and O–H groups in total. The molecule has 5 heteroatoms. The van der Waals surface area contributed by atoms with Gasteiger partial charge in [-0.15, -0.1) is 0 Å². The van der Waals surface area contributed by atoms with Gasteiger partial charge in [-0.1, -0.05) is 115 Å². The van der Waals surface area contributed by atoms with Gasteiger partial charge in [0.15, 0.2) is 5.82 Å². The second-order valence-corrected chi connectivity index (χ2v) is 13.0. The van der Waals surface area contributed by atoms with E-state index in [0.717, 1.165) is 44.6 Å². The quantitative estimate of drug-likeness (QED) is 0.190. The molecule has 0 radical (unpaired) electrons. The zero-order valence-electron chi connectivity index (χ0n) is 27.4. The second kappa shape index (κ2) is 10.8. The van der Waals surface area contributed by atoms with Gasteiger partial charge >= 0.3 is 0 Å². The molecule has 0 saturated heterocycles. The van der Waals surface area contributed by atoms with Crippen molar-refractivity contribution >= 4 is 65.7 Å². The van der Waals surface area contributed by atoms with Crippen molar-refractivity contribution in [3.05, 3.63) is 170 Å². The first-order chi connectivity index (χ1) is 25.3. The van der Waals surface area contributed by atoms with Crippen molar-refractivity contribution in [2.45, 2.75) is 0 Å². The Bertz CT molecular complexity index is 3120. The fraction of sp³-hybridized carbons (Fsp3) is 0. The normalized spacial score (nSPS) is 11.9. The monoisotopic (exact) mass is 652 g/mol. The van der Waals surface area contributed by atoms with E-state index in [4.69, 9.17) is 14.4 Å². The van der Waals surface area contributed by atoms with Crippen molar-refractivity contribution in [1.82, 2.24) is 19.1 Å². The van der Waals surface area contributed by atoms with E-state index >= 15 is 0 Å². The molecule has 0 amide bonds. The van der Waals surface area contributed by atoms with Gasteiger partial charge in [0.05, 0.1) is 33.1 Å². The second-order valence-electron chi connectivity index (χ2n) is 13.0. The Kier molecular flexibility index (Phi) is 5.89. The standard InChI is InChI=1S/C46H28N4O/c1-3-13-30(14-4-1)45-47-44(43-35-19-9-12-22-40(35)51-46(43)48-45)29-23-25-32(26-24-29)50-37-21-11-8-18-34(37)42-39(50)28-27-38-41(42)33-17-7-10-20-36(33)49(38)31-15-5-2-6-16-31/h1-28H. The maximum Gasteiger partial charge on any atom is 0.231 e. The highest BCUT2D eigenvalue weighted by Crippen LogP contribution is 2.43. The Morgan fingerprint density at radius 3 is 1.55 bits per heavy atom. The van der Waals surface area contributed by atoms with E-state index in [-0.39, 0.29) is 0 Å². The van der Waals surface area contributed by atoms with Crippen LogP contribution in [0.1, 0.15) is 0 Å². The molecule has 11 aromatic rings. The van der Waals surface area contributed by atoms with Crippen LogP contribution in [0.15, 0.2) is 174 Å². The van der Waals surface area contributed by atoms with Gasteiger partial charge in [0.25, 0.3) is 0 Å². The van der Waals surface area contributed by atoms with E-state index in [9.17, 15) is 0 Å². The van der Waals surface area contributed by atoms with Crippen molar-refractivity contribution in [3.8, 4) is 34.0 Å². The molecule has 0 aliphatic heterocycles. The maximum absolute atomic E-state index is 6.29. The summed E-state index contributed by atoms with van der Waals surface area (Å²) in [6, 6.07) is 59.6. The summed E-state index contributed by atoms with van der Waals surface area (Å²) in [7, 11) is 0. The molecule has 0 unspecified atom stereocenters. The molecule has 0 saturated carbocycles. The largest absolute Gasteiger partial charge is 0.438 e. The van der Waals surface area contributed by atoms with E-state index in [1.807, 2.05) is 48.5 Å². The number of hydrogen-bond acceptors (Lipinski definition) is 3. The Hall–Kier alpha value is -6.98. The fourth-order valence-electron chi connectivity index (χ4n) is 7.97. The minimum atomic E-state index is 0.588. The first-order valence-corrected chi connectivity index (χ1v) is 17.2. The number of furan rings is 1. The summed E-state index contributed by atoms with van der Waals surface area (Å²) in [5.41, 5.74) is 11.2. The summed E-state index contributed by atoms with van der Waals surface area (Å²) in [5.74, 6) is 0.641. The van der Waals surface area contributed by atoms with Crippen LogP contribution in [-0.4, -0.2) is 19.1 Å². The highest BCUT2D eigenvalue weighted by atomic mass is 16.3. The van der Waals surface area contributed by atoms with Crippen molar-refractivity contribution in [3.63, 3.8) is 0 Å². The average molecular weight is 653 g/mol. The van der Waals surface area contributed by atoms with Crippen LogP contribution in [0.3, 0.4) is 0 Å². The number of nitrogens with zero attached hydrogens (tertiary/aromatic N) is 4. The Balaban J connectivity index is 1.14. The Labute approximate surface area is 292 Å². The molecule has 7 aromatic carbocycles. The number of para-hydroxylation sites is 4. The third-order valence-corrected chi connectivity index (χ3v) is 10.2. The molecule has 0 atom stereocenters. The van der Waals surface area contributed by atoms with E-state index in [0.29, 0.717) is 11.5 Å². The van der Waals surface area contributed by atoms with Crippen LogP contribution in [0.2, 0.25) is 0 Å². The molecule has 51 heavy (non-hydrogen) atoms. The van der Waals surface area contributed by atoms with Gasteiger partial charge in [-0.2, -0.15) is 4.98 Å². The summed E-state index contributed by atoms with van der Waals surface area (Å²) in [5, 5.41) is 6.93. The van der Waals surface area contributed by atoms with Gasteiger partial charge in [-0.25, -0.2) is 4.98 Å². The Morgan fingerprint density at radius 2 is 0.902 bits per heavy atom. The number of rotatable bonds is 4. The van der Waals surface area contributed by atoms with Gasteiger partial charge in [-0.3, -0.25) is 0 Å². The predicted octanol–water partition coefficient (Wildman–Crippen LogP) is 11.9. The summed E-state index contributed by atoms with van der Waals surface area (Å²) < 4.78 is 11.1. The van der Waals surface area contributed by atoms with Gasteiger partial charge in [0.1, 0.15) is 5.58 Å². The molecule has 0 aliphatic rings. The molecule has 0 fully saturated rings. The van der Waals surface area contributed by atoms with Gasteiger partial charge in [0.2, 0.25) is 5.71 Å². The topological polar surface area (TPSA) is 48.8 Å². The van der Waals surface area contributed by atoms with Crippen LogP contribution < -0.4 is 0 Å². The van der Waals surface area contributed by atoms with Crippen molar-refractivity contribution < 1.29 is 4.42 Å². The highest BCUT2D eigenvalue weighted by molar-refractivity contribution is 6.29. The van der Waals surface area contributed by atoms with Crippen LogP contribution in [0.25, 0.3) is 99.7 Å². The van der Waals surface area contributed by atoms with Gasteiger partial charge in [-0.05, 0) is 54.6 Å². The molecule has 4 aromatic heterocycles. The molecule has 0 spiro atoms. The highest BCUT2D eigenvalue weighted by Gasteiger charge is 2.21. The number of benzene rings is 7. The fourth-order valence-corrected chi connectivity index (χ4v) is 7.97. The van der Waals surface area contributed by atoms with Crippen LogP contribution in [0.4, 0.5) is 0 Å². The lowest BCUT2D eigenvalue weighted by atomic mass is 10.0. The van der Waals surface area contributed by atoms with E-state index in [2.05, 4.69) is 130 Å². The zero-order chi connectivity index (χ0) is 33.5. The lowest BCUT2D eigenvalue weighted by Crippen LogP contribution is -1.96. The first-order valence-electron chi connectivity index (χ1n) is 17.2. The molecular weight excluding hydrogens is 625 g/mol. The Morgan fingerprint density at radius 1 is 0.373 bits per heavy atom. The summed E-state index contributed by atoms with van der Waals surface area (Å²) >= 11 is 0. The maximum atomic E-state index is 6.29. The predicted molar refractivity (Wildman–Crippen MR) is 209 cm³/mol. The lowest BCUT2D eigenvalue weighted by molar-refractivity contribution is 0.653. The molecular formula is C46H28N4O. The zero-order valence-corrected chi connectivity index (χ0v) is 27.4. The smallest absolute Gasteiger partial charge is 0.231 e. The molecule has 238 valence electrons. The SMILES string of the molecule is c1ccc(-c2nc(-c3ccc(-n4c5ccccc5c5c6c7ccccc7n(-c7ccccc7)c6ccc54)cc3)c3c(n2)oc2ccccc23)cc1. The van der Waals surface area contributed by atoms with Crippen molar-refractivity contribution in [2.75, 3.05) is 0 Å². The minimum Gasteiger partial charge on any atom is -0.438 e. The molecule has 5 nitrogen and oxygen atoms in total. The van der Waals surface area contributed by atoms with E-state index in [1.54, 1.807) is 0 Å². The molecule has 0 aliphatic carbocycles. The number of aromatic nitrogens is 4. The summed E-state index contributed by atoms with van der Waals surface area (Å²) in [6.07, 6.45) is 0. The molecule has 0 bridgehead atoms. The average Bonchev–Trinajstić information content (AvgIpc) is 3.86. The number of fused-ring (bicyclic) bond motifs is 10. The van der Waals surface area contributed by atoms with E-state index < -0.39 is 0 Å². The van der Waals surface area contributed by atoms with Crippen LogP contribution in [0, 0.1) is 0 Å². The van der Waals surface area contributed by atoms with Crippen LogP contribution in [-0.2, 0) is 0 Å². The van der Waals surface area contributed by atoms with E-state index in [1.165, 1.54) is 43.6 Å². The summed E-state index contributed by atoms with van der Waals surface area (Å²) in [4.78, 5) is 10.0. The van der Waals surface area contributed by atoms with Crippen LogP contribution >= 0.6 is 0 Å². The van der Waals surface area contributed by atoms with Crippen molar-refractivity contribution in [2.24, 2.45) is 0 Å². The molecule has 11 rings (SSSR count). The van der Waals surface area contributed by atoms with Gasteiger partial charge in [0, 0.05) is 49.4 Å². The third-order valence-electron chi connectivity index (χ3n) is 10.2. The van der Waals surface area contributed by atoms with Gasteiger partial charge < -0.3 is 13.6 Å². The minimum absolute atomic E-state index is 0.588. The summed E-state index contributed by atoms with van der Waals surface area (Å²) in [6.45, 7) is 0. The van der Waals surface area contributed by atoms with Crippen molar-refractivity contribution in [1.29, 1.82) is 0 Å². The third kappa shape index (κ3) is 4.09. The number of hydrogen-bond donors (Lipinski definition) is 0. The first kappa shape index (κ1) is 27.9. The molecule has 4 heterocycles.